The number of carbonyl (C=O) groups excluding carboxylic acids is 2. The summed E-state index contributed by atoms with van der Waals surface area (Å²) in [6.45, 7) is -0.121. The predicted octanol–water partition coefficient (Wildman–Crippen LogP) is 4.19. The monoisotopic (exact) mass is 425 g/mol. The molecule has 0 spiro atoms. The first-order valence-electron chi connectivity index (χ1n) is 9.31. The predicted molar refractivity (Wildman–Crippen MR) is 106 cm³/mol. The molecule has 1 saturated heterocycles. The van der Waals surface area contributed by atoms with Crippen LogP contribution in [0.4, 0.5) is 8.78 Å². The summed E-state index contributed by atoms with van der Waals surface area (Å²) in [5, 5.41) is 10.9. The Morgan fingerprint density at radius 3 is 2.52 bits per heavy atom. The van der Waals surface area contributed by atoms with Crippen LogP contribution < -0.4 is 4.74 Å². The smallest absolute Gasteiger partial charge is 0.296 e. The number of Topliss-reactive ketones (excluding diaryl/α,β-unsaturated/α-hetero) is 1. The second kappa shape index (κ2) is 8.06. The number of halogens is 2. The van der Waals surface area contributed by atoms with Crippen LogP contribution in [0.2, 0.25) is 0 Å². The SMILES string of the molecule is COc1ccc(C(O)=C2C(=O)C(=O)N(Cc3ccco3)[C@@H]2c2ccccc2F)cc1F. The van der Waals surface area contributed by atoms with E-state index >= 15 is 0 Å². The van der Waals surface area contributed by atoms with Crippen LogP contribution in [0.15, 0.2) is 70.9 Å². The molecule has 1 amide bonds. The number of aliphatic hydroxyl groups is 1. The van der Waals surface area contributed by atoms with Crippen molar-refractivity contribution in [3.8, 4) is 5.75 Å². The van der Waals surface area contributed by atoms with Gasteiger partial charge in [0.05, 0.1) is 31.5 Å². The summed E-state index contributed by atoms with van der Waals surface area (Å²) in [7, 11) is 1.29. The summed E-state index contributed by atoms with van der Waals surface area (Å²) >= 11 is 0. The zero-order valence-electron chi connectivity index (χ0n) is 16.3. The van der Waals surface area contributed by atoms with E-state index in [1.807, 2.05) is 0 Å². The highest BCUT2D eigenvalue weighted by molar-refractivity contribution is 6.46. The molecule has 3 aromatic rings. The summed E-state index contributed by atoms with van der Waals surface area (Å²) in [5.74, 6) is -3.66. The van der Waals surface area contributed by atoms with Crippen molar-refractivity contribution in [2.45, 2.75) is 12.6 Å². The minimum absolute atomic E-state index is 0.0174. The van der Waals surface area contributed by atoms with Gasteiger partial charge in [-0.05, 0) is 36.4 Å². The van der Waals surface area contributed by atoms with Crippen LogP contribution in [0.5, 0.6) is 5.75 Å². The van der Waals surface area contributed by atoms with Gasteiger partial charge in [-0.1, -0.05) is 18.2 Å². The molecule has 2 heterocycles. The molecule has 1 aliphatic rings. The fourth-order valence-electron chi connectivity index (χ4n) is 3.60. The van der Waals surface area contributed by atoms with Crippen LogP contribution in [0.1, 0.15) is 22.9 Å². The first-order valence-corrected chi connectivity index (χ1v) is 9.31. The second-order valence-corrected chi connectivity index (χ2v) is 6.88. The Morgan fingerprint density at radius 2 is 1.87 bits per heavy atom. The fourth-order valence-corrected chi connectivity index (χ4v) is 3.60. The third-order valence-corrected chi connectivity index (χ3v) is 5.07. The fraction of sp³-hybridized carbons (Fsp3) is 0.130. The van der Waals surface area contributed by atoms with E-state index in [2.05, 4.69) is 0 Å². The highest BCUT2D eigenvalue weighted by atomic mass is 19.1. The number of ether oxygens (including phenoxy) is 1. The van der Waals surface area contributed by atoms with E-state index in [4.69, 9.17) is 9.15 Å². The number of likely N-dealkylation sites (tertiary alicyclic amines) is 1. The number of amides is 1. The van der Waals surface area contributed by atoms with Crippen LogP contribution in [-0.2, 0) is 16.1 Å². The summed E-state index contributed by atoms with van der Waals surface area (Å²) in [4.78, 5) is 26.8. The van der Waals surface area contributed by atoms with E-state index in [-0.39, 0.29) is 29.0 Å². The molecule has 31 heavy (non-hydrogen) atoms. The van der Waals surface area contributed by atoms with Crippen LogP contribution >= 0.6 is 0 Å². The number of benzene rings is 2. The van der Waals surface area contributed by atoms with Crippen molar-refractivity contribution in [2.24, 2.45) is 0 Å². The third-order valence-electron chi connectivity index (χ3n) is 5.07. The van der Waals surface area contributed by atoms with Gasteiger partial charge in [-0.3, -0.25) is 9.59 Å². The van der Waals surface area contributed by atoms with Crippen LogP contribution in [-0.4, -0.2) is 28.8 Å². The van der Waals surface area contributed by atoms with Crippen molar-refractivity contribution >= 4 is 17.4 Å². The molecule has 1 aromatic heterocycles. The Morgan fingerprint density at radius 1 is 1.10 bits per heavy atom. The molecule has 1 aliphatic heterocycles. The standard InChI is InChI=1S/C23H17F2NO5/c1-30-18-9-8-13(11-17(18)25)21(27)19-20(15-6-2-3-7-16(15)24)26(23(29)22(19)28)12-14-5-4-10-31-14/h2-11,20,27H,12H2,1H3/t20-/m1/s1. The Balaban J connectivity index is 1.89. The zero-order chi connectivity index (χ0) is 22.1. The zero-order valence-corrected chi connectivity index (χ0v) is 16.3. The average molecular weight is 425 g/mol. The number of hydrogen-bond donors (Lipinski definition) is 1. The van der Waals surface area contributed by atoms with Gasteiger partial charge in [0.2, 0.25) is 0 Å². The van der Waals surface area contributed by atoms with Crippen molar-refractivity contribution in [2.75, 3.05) is 7.11 Å². The third kappa shape index (κ3) is 3.56. The van der Waals surface area contributed by atoms with Gasteiger partial charge in [0.15, 0.2) is 11.6 Å². The summed E-state index contributed by atoms with van der Waals surface area (Å²) < 4.78 is 39.0. The van der Waals surface area contributed by atoms with Crippen LogP contribution in [0.3, 0.4) is 0 Å². The van der Waals surface area contributed by atoms with E-state index in [1.54, 1.807) is 18.2 Å². The molecular weight excluding hydrogens is 408 g/mol. The minimum Gasteiger partial charge on any atom is -0.507 e. The summed E-state index contributed by atoms with van der Waals surface area (Å²) in [6.07, 6.45) is 1.41. The molecule has 1 fully saturated rings. The normalized spacial score (nSPS) is 17.9. The number of ketones is 1. The lowest BCUT2D eigenvalue weighted by molar-refractivity contribution is -0.140. The molecule has 4 rings (SSSR count). The highest BCUT2D eigenvalue weighted by Crippen LogP contribution is 2.41. The van der Waals surface area contributed by atoms with Crippen LogP contribution in [0, 0.1) is 11.6 Å². The van der Waals surface area contributed by atoms with Gasteiger partial charge in [-0.2, -0.15) is 0 Å². The Labute approximate surface area is 176 Å². The molecule has 0 saturated carbocycles. The molecular formula is C23H17F2NO5. The van der Waals surface area contributed by atoms with Gasteiger partial charge in [0.25, 0.3) is 11.7 Å². The van der Waals surface area contributed by atoms with Crippen molar-refractivity contribution in [3.05, 3.63) is 95.0 Å². The van der Waals surface area contributed by atoms with Gasteiger partial charge < -0.3 is 19.2 Å². The van der Waals surface area contributed by atoms with Crippen LogP contribution in [0.25, 0.3) is 5.76 Å². The number of methoxy groups -OCH3 is 1. The lowest BCUT2D eigenvalue weighted by Crippen LogP contribution is -2.29. The van der Waals surface area contributed by atoms with Gasteiger partial charge in [0, 0.05) is 11.1 Å². The molecule has 0 radical (unpaired) electrons. The molecule has 0 unspecified atom stereocenters. The largest absolute Gasteiger partial charge is 0.507 e. The lowest BCUT2D eigenvalue weighted by Gasteiger charge is -2.24. The summed E-state index contributed by atoms with van der Waals surface area (Å²) in [6, 6.07) is 11.2. The maximum absolute atomic E-state index is 14.7. The van der Waals surface area contributed by atoms with E-state index < -0.39 is 35.1 Å². The second-order valence-electron chi connectivity index (χ2n) is 6.88. The number of furan rings is 1. The number of rotatable bonds is 5. The maximum Gasteiger partial charge on any atom is 0.296 e. The number of carbonyl (C=O) groups is 2. The van der Waals surface area contributed by atoms with Crippen molar-refractivity contribution in [1.82, 2.24) is 4.90 Å². The minimum atomic E-state index is -1.23. The van der Waals surface area contributed by atoms with Gasteiger partial charge in [0.1, 0.15) is 17.3 Å². The van der Waals surface area contributed by atoms with E-state index in [9.17, 15) is 23.5 Å². The molecule has 1 atom stereocenters. The van der Waals surface area contributed by atoms with Crippen molar-refractivity contribution < 1.29 is 32.6 Å². The molecule has 6 nitrogen and oxygen atoms in total. The van der Waals surface area contributed by atoms with Gasteiger partial charge in [-0.25, -0.2) is 8.78 Å². The first kappa shape index (κ1) is 20.3. The van der Waals surface area contributed by atoms with Gasteiger partial charge >= 0.3 is 0 Å². The quantitative estimate of drug-likeness (QED) is 0.377. The van der Waals surface area contributed by atoms with E-state index in [0.717, 1.165) is 11.0 Å². The molecule has 8 heteroatoms. The maximum atomic E-state index is 14.7. The molecule has 2 aromatic carbocycles. The Bertz CT molecular complexity index is 1190. The highest BCUT2D eigenvalue weighted by Gasteiger charge is 2.47. The Kier molecular flexibility index (Phi) is 5.29. The molecule has 1 N–H and O–H groups in total. The van der Waals surface area contributed by atoms with E-state index in [0.29, 0.717) is 5.76 Å². The molecule has 158 valence electrons. The van der Waals surface area contributed by atoms with Gasteiger partial charge in [-0.15, -0.1) is 0 Å². The van der Waals surface area contributed by atoms with Crippen molar-refractivity contribution in [1.29, 1.82) is 0 Å². The molecule has 0 bridgehead atoms. The first-order chi connectivity index (χ1) is 14.9. The lowest BCUT2D eigenvalue weighted by atomic mass is 9.95. The number of nitrogens with zero attached hydrogens (tertiary/aromatic N) is 1. The topological polar surface area (TPSA) is 80.0 Å². The molecule has 0 aliphatic carbocycles. The van der Waals surface area contributed by atoms with E-state index in [1.165, 1.54) is 43.7 Å². The number of hydrogen-bond acceptors (Lipinski definition) is 5. The van der Waals surface area contributed by atoms with Crippen molar-refractivity contribution in [3.63, 3.8) is 0 Å². The number of aliphatic hydroxyl groups excluding tert-OH is 1. The average Bonchev–Trinajstić information content (AvgIpc) is 3.36. The Hall–Kier alpha value is -3.94. The summed E-state index contributed by atoms with van der Waals surface area (Å²) in [5.41, 5.74) is -0.370.